The molecule has 124 valence electrons. The summed E-state index contributed by atoms with van der Waals surface area (Å²) in [5, 5.41) is 8.99. The lowest BCUT2D eigenvalue weighted by Gasteiger charge is -2.38. The fourth-order valence-corrected chi connectivity index (χ4v) is 3.50. The van der Waals surface area contributed by atoms with E-state index in [-0.39, 0.29) is 6.04 Å². The van der Waals surface area contributed by atoms with Gasteiger partial charge in [0.05, 0.1) is 19.3 Å². The highest BCUT2D eigenvalue weighted by molar-refractivity contribution is 7.10. The van der Waals surface area contributed by atoms with Gasteiger partial charge < -0.3 is 15.4 Å². The summed E-state index contributed by atoms with van der Waals surface area (Å²) in [7, 11) is 1.82. The summed E-state index contributed by atoms with van der Waals surface area (Å²) >= 11 is 1.76. The number of nitrogens with one attached hydrogen (secondary N) is 2. The quantitative estimate of drug-likeness (QED) is 0.643. The molecule has 0 bridgehead atoms. The van der Waals surface area contributed by atoms with Crippen LogP contribution in [-0.2, 0) is 4.74 Å². The predicted octanol–water partition coefficient (Wildman–Crippen LogP) is 2.08. The van der Waals surface area contributed by atoms with E-state index in [0.717, 1.165) is 32.3 Å². The Morgan fingerprint density at radius 3 is 3.00 bits per heavy atom. The molecule has 1 aliphatic heterocycles. The smallest absolute Gasteiger partial charge is 0.191 e. The highest BCUT2D eigenvalue weighted by Crippen LogP contribution is 2.17. The van der Waals surface area contributed by atoms with Gasteiger partial charge in [0.15, 0.2) is 5.96 Å². The van der Waals surface area contributed by atoms with Crippen molar-refractivity contribution in [2.75, 3.05) is 33.4 Å². The molecule has 1 aromatic heterocycles. The van der Waals surface area contributed by atoms with E-state index in [2.05, 4.69) is 58.8 Å². The van der Waals surface area contributed by atoms with Crippen LogP contribution in [0.15, 0.2) is 22.5 Å². The van der Waals surface area contributed by atoms with Crippen molar-refractivity contribution in [2.45, 2.75) is 38.9 Å². The normalized spacial score (nSPS) is 23.1. The van der Waals surface area contributed by atoms with E-state index in [1.54, 1.807) is 11.3 Å². The van der Waals surface area contributed by atoms with Crippen LogP contribution < -0.4 is 10.6 Å². The maximum Gasteiger partial charge on any atom is 0.191 e. The van der Waals surface area contributed by atoms with Gasteiger partial charge in [0.2, 0.25) is 0 Å². The largest absolute Gasteiger partial charge is 0.379 e. The van der Waals surface area contributed by atoms with Crippen LogP contribution in [-0.4, -0.2) is 56.3 Å². The number of hydrogen-bond acceptors (Lipinski definition) is 4. The first-order valence-electron chi connectivity index (χ1n) is 7.96. The Bertz CT molecular complexity index is 463. The molecule has 6 heteroatoms. The zero-order valence-corrected chi connectivity index (χ0v) is 14.8. The molecule has 22 heavy (non-hydrogen) atoms. The Morgan fingerprint density at radius 1 is 1.55 bits per heavy atom. The first-order valence-corrected chi connectivity index (χ1v) is 8.84. The highest BCUT2D eigenvalue weighted by Gasteiger charge is 2.23. The van der Waals surface area contributed by atoms with Crippen LogP contribution in [0.25, 0.3) is 0 Å². The second kappa shape index (κ2) is 8.50. The summed E-state index contributed by atoms with van der Waals surface area (Å²) < 4.78 is 5.51. The van der Waals surface area contributed by atoms with Crippen LogP contribution in [0.4, 0.5) is 0 Å². The van der Waals surface area contributed by atoms with E-state index >= 15 is 0 Å². The molecule has 3 unspecified atom stereocenters. The number of guanidine groups is 1. The molecule has 1 saturated heterocycles. The van der Waals surface area contributed by atoms with Crippen LogP contribution in [0.3, 0.4) is 0 Å². The summed E-state index contributed by atoms with van der Waals surface area (Å²) in [6, 6.07) is 5.42. The van der Waals surface area contributed by atoms with Crippen molar-refractivity contribution in [1.82, 2.24) is 15.5 Å². The molecule has 0 saturated carbocycles. The molecule has 0 amide bonds. The number of rotatable bonds is 5. The molecule has 2 N–H and O–H groups in total. The topological polar surface area (TPSA) is 48.9 Å². The minimum atomic E-state index is 0.267. The molecule has 1 fully saturated rings. The van der Waals surface area contributed by atoms with E-state index in [0.29, 0.717) is 12.1 Å². The maximum absolute atomic E-state index is 5.51. The van der Waals surface area contributed by atoms with Gasteiger partial charge in [-0.15, -0.1) is 11.3 Å². The molecule has 0 aromatic carbocycles. The van der Waals surface area contributed by atoms with Crippen molar-refractivity contribution in [2.24, 2.45) is 4.99 Å². The Labute approximate surface area is 137 Å². The van der Waals surface area contributed by atoms with Gasteiger partial charge in [-0.1, -0.05) is 6.07 Å². The van der Waals surface area contributed by atoms with Gasteiger partial charge >= 0.3 is 0 Å². The third-order valence-corrected chi connectivity index (χ3v) is 5.15. The van der Waals surface area contributed by atoms with Gasteiger partial charge in [0.1, 0.15) is 0 Å². The summed E-state index contributed by atoms with van der Waals surface area (Å²) in [6.45, 7) is 10.2. The van der Waals surface area contributed by atoms with Crippen molar-refractivity contribution in [1.29, 1.82) is 0 Å². The number of ether oxygens (including phenoxy) is 1. The van der Waals surface area contributed by atoms with E-state index in [4.69, 9.17) is 4.74 Å². The van der Waals surface area contributed by atoms with Crippen LogP contribution in [0.1, 0.15) is 31.7 Å². The van der Waals surface area contributed by atoms with Gasteiger partial charge in [0, 0.05) is 37.1 Å². The van der Waals surface area contributed by atoms with E-state index in [9.17, 15) is 0 Å². The van der Waals surface area contributed by atoms with Gasteiger partial charge in [-0.05, 0) is 32.2 Å². The molecule has 0 aliphatic carbocycles. The summed E-state index contributed by atoms with van der Waals surface area (Å²) in [4.78, 5) is 8.14. The van der Waals surface area contributed by atoms with E-state index < -0.39 is 0 Å². The third kappa shape index (κ3) is 4.69. The monoisotopic (exact) mass is 324 g/mol. The van der Waals surface area contributed by atoms with Crippen molar-refractivity contribution >= 4 is 17.3 Å². The summed E-state index contributed by atoms with van der Waals surface area (Å²) in [5.41, 5.74) is 0. The van der Waals surface area contributed by atoms with Crippen LogP contribution >= 0.6 is 11.3 Å². The number of aliphatic imine (C=N–C) groups is 1. The lowest BCUT2D eigenvalue weighted by molar-refractivity contribution is -0.0174. The molecule has 2 rings (SSSR count). The maximum atomic E-state index is 5.51. The molecule has 0 spiro atoms. The average molecular weight is 324 g/mol. The van der Waals surface area contributed by atoms with Crippen molar-refractivity contribution in [3.63, 3.8) is 0 Å². The van der Waals surface area contributed by atoms with Gasteiger partial charge in [-0.3, -0.25) is 9.89 Å². The number of nitrogens with zero attached hydrogens (tertiary/aromatic N) is 2. The fourth-order valence-electron chi connectivity index (χ4n) is 2.76. The second-order valence-corrected chi connectivity index (χ2v) is 6.82. The Kier molecular flexibility index (Phi) is 6.67. The molecular formula is C16H28N4OS. The highest BCUT2D eigenvalue weighted by atomic mass is 32.1. The van der Waals surface area contributed by atoms with Gasteiger partial charge in [-0.25, -0.2) is 0 Å². The van der Waals surface area contributed by atoms with Crippen molar-refractivity contribution in [3.05, 3.63) is 22.4 Å². The molecule has 0 radical (unpaired) electrons. The Morgan fingerprint density at radius 2 is 2.36 bits per heavy atom. The first kappa shape index (κ1) is 17.2. The van der Waals surface area contributed by atoms with Gasteiger partial charge in [-0.2, -0.15) is 0 Å². The molecule has 3 atom stereocenters. The minimum absolute atomic E-state index is 0.267. The van der Waals surface area contributed by atoms with Crippen LogP contribution in [0.5, 0.6) is 0 Å². The van der Waals surface area contributed by atoms with E-state index in [1.165, 1.54) is 4.88 Å². The Balaban J connectivity index is 1.80. The average Bonchev–Trinajstić information content (AvgIpc) is 3.05. The fraction of sp³-hybridized carbons (Fsp3) is 0.688. The molecule has 1 aromatic rings. The van der Waals surface area contributed by atoms with Crippen LogP contribution in [0, 0.1) is 0 Å². The zero-order chi connectivity index (χ0) is 15.9. The molecule has 2 heterocycles. The summed E-state index contributed by atoms with van der Waals surface area (Å²) in [6.07, 6.45) is 0. The van der Waals surface area contributed by atoms with Gasteiger partial charge in [0.25, 0.3) is 0 Å². The number of hydrogen-bond donors (Lipinski definition) is 2. The minimum Gasteiger partial charge on any atom is -0.379 e. The number of thiophene rings is 1. The third-order valence-electron chi connectivity index (χ3n) is 4.10. The predicted molar refractivity (Wildman–Crippen MR) is 93.7 cm³/mol. The molecular weight excluding hydrogens is 296 g/mol. The first-order chi connectivity index (χ1) is 10.6. The zero-order valence-electron chi connectivity index (χ0n) is 14.0. The van der Waals surface area contributed by atoms with Crippen LogP contribution in [0.2, 0.25) is 0 Å². The molecule has 1 aliphatic rings. The SMILES string of the molecule is CN=C(NCC(C)N1CCOCC1C)NC(C)c1cccs1. The standard InChI is InChI=1S/C16H28N4OS/c1-12(20-7-8-21-11-13(20)2)10-18-16(17-4)19-14(3)15-6-5-9-22-15/h5-6,9,12-14H,7-8,10-11H2,1-4H3,(H2,17,18,19). The van der Waals surface area contributed by atoms with E-state index in [1.807, 2.05) is 7.05 Å². The lowest BCUT2D eigenvalue weighted by atomic mass is 10.2. The molecule has 5 nitrogen and oxygen atoms in total. The second-order valence-electron chi connectivity index (χ2n) is 5.85. The number of morpholine rings is 1. The van der Waals surface area contributed by atoms with Crippen molar-refractivity contribution < 1.29 is 4.74 Å². The lowest BCUT2D eigenvalue weighted by Crippen LogP contribution is -2.53. The Hall–Kier alpha value is -1.11. The summed E-state index contributed by atoms with van der Waals surface area (Å²) in [5.74, 6) is 0.855. The van der Waals surface area contributed by atoms with Crippen molar-refractivity contribution in [3.8, 4) is 0 Å².